The summed E-state index contributed by atoms with van der Waals surface area (Å²) in [6.07, 6.45) is 0.796. The lowest BCUT2D eigenvalue weighted by Gasteiger charge is -2.39. The Morgan fingerprint density at radius 1 is 1.11 bits per heavy atom. The Labute approximate surface area is 219 Å². The minimum absolute atomic E-state index is 0.0240. The van der Waals surface area contributed by atoms with Crippen molar-refractivity contribution in [3.63, 3.8) is 0 Å². The fourth-order valence-electron chi connectivity index (χ4n) is 4.41. The number of rotatable bonds is 10. The summed E-state index contributed by atoms with van der Waals surface area (Å²) in [5.41, 5.74) is 0.624. The van der Waals surface area contributed by atoms with Gasteiger partial charge in [0.05, 0.1) is 5.69 Å². The summed E-state index contributed by atoms with van der Waals surface area (Å²) in [5.74, 6) is -0.0752. The van der Waals surface area contributed by atoms with Crippen LogP contribution in [0.15, 0.2) is 52.1 Å². The van der Waals surface area contributed by atoms with Crippen LogP contribution in [0.3, 0.4) is 0 Å². The second kappa shape index (κ2) is 11.7. The molecule has 3 aromatic carbocycles. The van der Waals surface area contributed by atoms with Crippen molar-refractivity contribution < 1.29 is 13.9 Å². The smallest absolute Gasteiger partial charge is 0.260 e. The number of amides is 1. The second-order valence-electron chi connectivity index (χ2n) is 9.19. The van der Waals surface area contributed by atoms with Gasteiger partial charge < -0.3 is 20.3 Å². The predicted octanol–water partition coefficient (Wildman–Crippen LogP) is 3.75. The van der Waals surface area contributed by atoms with Gasteiger partial charge in [-0.05, 0) is 49.2 Å². The highest BCUT2D eigenvalue weighted by Crippen LogP contribution is 2.32. The molecule has 10 heteroatoms. The van der Waals surface area contributed by atoms with Crippen molar-refractivity contribution in [2.24, 2.45) is 0 Å². The number of carbonyl (C=O) groups is 1. The molecule has 196 valence electrons. The summed E-state index contributed by atoms with van der Waals surface area (Å²) in [7, 11) is 0. The molecule has 37 heavy (non-hydrogen) atoms. The average molecular weight is 529 g/mol. The van der Waals surface area contributed by atoms with Gasteiger partial charge in [-0.1, -0.05) is 30.7 Å². The maximum atomic E-state index is 13.2. The lowest BCUT2D eigenvalue weighted by Crippen LogP contribution is -2.54. The van der Waals surface area contributed by atoms with E-state index in [4.69, 9.17) is 16.3 Å². The van der Waals surface area contributed by atoms with E-state index in [1.165, 1.54) is 12.1 Å². The first kappa shape index (κ1) is 26.6. The molecular formula is C27H30ClFN4O4. The van der Waals surface area contributed by atoms with Crippen LogP contribution in [0.2, 0.25) is 5.02 Å². The van der Waals surface area contributed by atoms with E-state index in [0.717, 1.165) is 12.0 Å². The predicted molar refractivity (Wildman–Crippen MR) is 143 cm³/mol. The zero-order valence-electron chi connectivity index (χ0n) is 20.9. The number of carbonyl (C=O) groups excluding carboxylic acids is 1. The molecule has 1 aliphatic heterocycles. The number of ether oxygens (including phenoxy) is 1. The zero-order valence-corrected chi connectivity index (χ0v) is 21.6. The zero-order chi connectivity index (χ0) is 26.5. The number of hydrogen-bond acceptors (Lipinski definition) is 7. The standard InChI is InChI=1S/C27H30ClFN4O4/c1-3-10-30-24-25(27(36)26(24)35)31-21-13-19(28)6-9-22(21)37-16-23(34)33-12-11-32(14-17(33)2)15-18-4-7-20(29)8-5-18/h4-9,13,17,30-31H,3,10-12,14-16H2,1-2H3/t17-/m1/s1. The SMILES string of the molecule is CCCNc1c(Nc2cc(Cl)ccc2OCC(=O)N2CCN(Cc3ccc(F)cc3)C[C@H]2C)c(=O)c1=O. The number of anilines is 3. The highest BCUT2D eigenvalue weighted by molar-refractivity contribution is 6.31. The third-order valence-corrected chi connectivity index (χ3v) is 6.60. The molecule has 2 N–H and O–H groups in total. The molecule has 0 bridgehead atoms. The lowest BCUT2D eigenvalue weighted by molar-refractivity contribution is -0.137. The van der Waals surface area contributed by atoms with Gasteiger partial charge in [-0.15, -0.1) is 0 Å². The molecule has 0 unspecified atom stereocenters. The summed E-state index contributed by atoms with van der Waals surface area (Å²) >= 11 is 6.15. The molecule has 1 fully saturated rings. The summed E-state index contributed by atoms with van der Waals surface area (Å²) in [6.45, 7) is 6.93. The first-order valence-electron chi connectivity index (χ1n) is 12.3. The topological polar surface area (TPSA) is 91.0 Å². The van der Waals surface area contributed by atoms with Gasteiger partial charge in [0.25, 0.3) is 16.8 Å². The van der Waals surface area contributed by atoms with Crippen molar-refractivity contribution in [2.45, 2.75) is 32.9 Å². The molecule has 0 saturated carbocycles. The van der Waals surface area contributed by atoms with E-state index in [2.05, 4.69) is 15.5 Å². The van der Waals surface area contributed by atoms with E-state index in [0.29, 0.717) is 49.2 Å². The van der Waals surface area contributed by atoms with E-state index in [9.17, 15) is 18.8 Å². The van der Waals surface area contributed by atoms with Crippen molar-refractivity contribution in [2.75, 3.05) is 43.4 Å². The number of piperazine rings is 1. The Kier molecular flexibility index (Phi) is 8.45. The van der Waals surface area contributed by atoms with Crippen LogP contribution in [0.5, 0.6) is 5.75 Å². The van der Waals surface area contributed by atoms with Gasteiger partial charge in [-0.3, -0.25) is 19.3 Å². The average Bonchev–Trinajstić information content (AvgIpc) is 2.88. The molecule has 1 heterocycles. The molecule has 0 aliphatic carbocycles. The minimum Gasteiger partial charge on any atom is -0.482 e. The molecule has 0 spiro atoms. The maximum Gasteiger partial charge on any atom is 0.260 e. The number of benzene rings is 2. The number of halogens is 2. The first-order chi connectivity index (χ1) is 17.8. The third-order valence-electron chi connectivity index (χ3n) is 6.37. The molecular weight excluding hydrogens is 499 g/mol. The van der Waals surface area contributed by atoms with Gasteiger partial charge in [0.2, 0.25) is 0 Å². The Balaban J connectivity index is 1.36. The molecule has 1 saturated heterocycles. The molecule has 8 nitrogen and oxygen atoms in total. The van der Waals surface area contributed by atoms with Crippen LogP contribution < -0.4 is 26.2 Å². The van der Waals surface area contributed by atoms with Crippen molar-refractivity contribution in [1.29, 1.82) is 0 Å². The Morgan fingerprint density at radius 2 is 1.84 bits per heavy atom. The quantitative estimate of drug-likeness (QED) is 0.387. The molecule has 0 aromatic heterocycles. The lowest BCUT2D eigenvalue weighted by atomic mass is 10.1. The van der Waals surface area contributed by atoms with Gasteiger partial charge in [0.15, 0.2) is 6.61 Å². The van der Waals surface area contributed by atoms with Crippen LogP contribution in [-0.4, -0.2) is 54.5 Å². The van der Waals surface area contributed by atoms with Gasteiger partial charge in [0.1, 0.15) is 22.9 Å². The van der Waals surface area contributed by atoms with E-state index >= 15 is 0 Å². The summed E-state index contributed by atoms with van der Waals surface area (Å²) in [6, 6.07) is 11.3. The largest absolute Gasteiger partial charge is 0.482 e. The molecule has 1 aliphatic rings. The van der Waals surface area contributed by atoms with Crippen LogP contribution in [0.1, 0.15) is 25.8 Å². The first-order valence-corrected chi connectivity index (χ1v) is 12.7. The van der Waals surface area contributed by atoms with Gasteiger partial charge >= 0.3 is 0 Å². The van der Waals surface area contributed by atoms with E-state index < -0.39 is 10.9 Å². The fraction of sp³-hybridized carbons (Fsp3) is 0.370. The highest BCUT2D eigenvalue weighted by atomic mass is 35.5. The van der Waals surface area contributed by atoms with Crippen LogP contribution in [-0.2, 0) is 11.3 Å². The molecule has 3 aromatic rings. The van der Waals surface area contributed by atoms with Crippen LogP contribution in [0.4, 0.5) is 21.5 Å². The van der Waals surface area contributed by atoms with Crippen molar-refractivity contribution in [1.82, 2.24) is 9.80 Å². The highest BCUT2D eigenvalue weighted by Gasteiger charge is 2.28. The van der Waals surface area contributed by atoms with Gasteiger partial charge in [-0.25, -0.2) is 4.39 Å². The summed E-state index contributed by atoms with van der Waals surface area (Å²) in [4.78, 5) is 41.1. The van der Waals surface area contributed by atoms with Crippen LogP contribution in [0.25, 0.3) is 0 Å². The third kappa shape index (κ3) is 6.29. The van der Waals surface area contributed by atoms with Gasteiger partial charge in [0, 0.05) is 43.8 Å². The van der Waals surface area contributed by atoms with E-state index in [1.54, 1.807) is 35.2 Å². The summed E-state index contributed by atoms with van der Waals surface area (Å²) in [5, 5.41) is 6.33. The number of hydrogen-bond donors (Lipinski definition) is 2. The molecule has 1 amide bonds. The van der Waals surface area contributed by atoms with Crippen molar-refractivity contribution in [3.8, 4) is 5.75 Å². The monoisotopic (exact) mass is 528 g/mol. The molecule has 1 atom stereocenters. The Bertz CT molecular complexity index is 1320. The van der Waals surface area contributed by atoms with E-state index in [1.807, 2.05) is 13.8 Å². The fourth-order valence-corrected chi connectivity index (χ4v) is 4.58. The van der Waals surface area contributed by atoms with Crippen LogP contribution in [0, 0.1) is 5.82 Å². The normalized spacial score (nSPS) is 16.1. The Hall–Kier alpha value is -3.43. The van der Waals surface area contributed by atoms with Crippen molar-refractivity contribution >= 4 is 34.6 Å². The minimum atomic E-state index is -0.618. The van der Waals surface area contributed by atoms with Gasteiger partial charge in [-0.2, -0.15) is 0 Å². The van der Waals surface area contributed by atoms with E-state index in [-0.39, 0.29) is 35.7 Å². The second-order valence-corrected chi connectivity index (χ2v) is 9.62. The number of nitrogens with zero attached hydrogens (tertiary/aromatic N) is 2. The molecule has 4 rings (SSSR count). The summed E-state index contributed by atoms with van der Waals surface area (Å²) < 4.78 is 19.0. The van der Waals surface area contributed by atoms with Crippen LogP contribution >= 0.6 is 11.6 Å². The maximum absolute atomic E-state index is 13.2. The number of nitrogens with one attached hydrogen (secondary N) is 2. The molecule has 0 radical (unpaired) electrons. The van der Waals surface area contributed by atoms with Crippen molar-refractivity contribution in [3.05, 3.63) is 79.3 Å². The Morgan fingerprint density at radius 3 is 2.54 bits per heavy atom.